The molecule has 1 aromatic carbocycles. The molecule has 1 fully saturated rings. The van der Waals surface area contributed by atoms with Crippen LogP contribution in [0.15, 0.2) is 35.3 Å². The number of nitrogens with two attached hydrogens (primary N) is 2. The van der Waals surface area contributed by atoms with Gasteiger partial charge in [-0.2, -0.15) is 0 Å². The van der Waals surface area contributed by atoms with Crippen molar-refractivity contribution < 1.29 is 4.79 Å². The summed E-state index contributed by atoms with van der Waals surface area (Å²) in [5.41, 5.74) is 12.9. The zero-order chi connectivity index (χ0) is 20.4. The number of nitrogens with one attached hydrogen (secondary N) is 1. The van der Waals surface area contributed by atoms with Crippen LogP contribution in [0.3, 0.4) is 0 Å². The van der Waals surface area contributed by atoms with E-state index in [0.29, 0.717) is 11.8 Å². The summed E-state index contributed by atoms with van der Waals surface area (Å²) in [5, 5.41) is 2.80. The number of aliphatic imine (C=N–C) groups is 1. The number of carbonyl (C=O) groups is 1. The van der Waals surface area contributed by atoms with Gasteiger partial charge in [0.2, 0.25) is 0 Å². The van der Waals surface area contributed by atoms with Crippen LogP contribution >= 0.6 is 11.6 Å². The number of benzene rings is 1. The zero-order valence-electron chi connectivity index (χ0n) is 16.2. The second-order valence-corrected chi connectivity index (χ2v) is 8.52. The van der Waals surface area contributed by atoms with E-state index in [9.17, 15) is 4.79 Å². The second-order valence-electron chi connectivity index (χ2n) is 8.16. The van der Waals surface area contributed by atoms with Gasteiger partial charge in [0, 0.05) is 13.0 Å². The molecular weight excluding hydrogens is 388 g/mol. The topological polar surface area (TPSA) is 119 Å². The van der Waals surface area contributed by atoms with Crippen LogP contribution < -0.4 is 16.8 Å². The number of carbonyl (C=O) groups excluding carboxylic acids is 1. The maximum atomic E-state index is 12.5. The largest absolute Gasteiger partial charge is 0.382 e. The van der Waals surface area contributed by atoms with Gasteiger partial charge in [-0.25, -0.2) is 9.97 Å². The number of anilines is 2. The molecule has 0 unspecified atom stereocenters. The first-order valence-corrected chi connectivity index (χ1v) is 10.3. The maximum absolute atomic E-state index is 12.5. The summed E-state index contributed by atoms with van der Waals surface area (Å²) in [4.78, 5) is 24.9. The van der Waals surface area contributed by atoms with Gasteiger partial charge in [0.15, 0.2) is 22.5 Å². The molecule has 4 rings (SSSR count). The molecule has 1 aliphatic carbocycles. The number of hydrogen-bond donors (Lipinski definition) is 3. The van der Waals surface area contributed by atoms with Crippen LogP contribution in [-0.2, 0) is 6.42 Å². The van der Waals surface area contributed by atoms with Crippen LogP contribution in [0, 0.1) is 11.3 Å². The van der Waals surface area contributed by atoms with Gasteiger partial charge in [0.1, 0.15) is 5.84 Å². The van der Waals surface area contributed by atoms with Gasteiger partial charge in [-0.05, 0) is 49.0 Å². The molecule has 1 aromatic heterocycles. The molecule has 0 saturated heterocycles. The highest BCUT2D eigenvalue weighted by molar-refractivity contribution is 6.31. The minimum absolute atomic E-state index is 0.00476. The number of halogens is 1. The van der Waals surface area contributed by atoms with Gasteiger partial charge in [-0.15, -0.1) is 0 Å². The molecule has 152 valence electrons. The molecule has 5 N–H and O–H groups in total. The molecule has 2 heterocycles. The lowest BCUT2D eigenvalue weighted by molar-refractivity contribution is 0.0971. The Morgan fingerprint density at radius 1 is 1.14 bits per heavy atom. The van der Waals surface area contributed by atoms with E-state index >= 15 is 0 Å². The molecule has 2 aliphatic rings. The maximum Gasteiger partial charge on any atom is 0.279 e. The van der Waals surface area contributed by atoms with Crippen molar-refractivity contribution in [3.8, 4) is 0 Å². The van der Waals surface area contributed by atoms with E-state index in [1.54, 1.807) is 0 Å². The Labute approximate surface area is 175 Å². The highest BCUT2D eigenvalue weighted by atomic mass is 35.5. The minimum atomic E-state index is -0.453. The van der Waals surface area contributed by atoms with Crippen molar-refractivity contribution in [1.82, 2.24) is 15.3 Å². The third-order valence-corrected chi connectivity index (χ3v) is 6.34. The van der Waals surface area contributed by atoms with Gasteiger partial charge in [0.05, 0.1) is 0 Å². The molecule has 1 saturated carbocycles. The van der Waals surface area contributed by atoms with Crippen molar-refractivity contribution in [1.29, 1.82) is 0 Å². The number of aromatic nitrogens is 2. The summed E-state index contributed by atoms with van der Waals surface area (Å²) in [7, 11) is 0. The number of nitrogen functional groups attached to an aromatic ring is 2. The van der Waals surface area contributed by atoms with Crippen molar-refractivity contribution in [3.05, 3.63) is 46.7 Å². The molecule has 1 aliphatic heterocycles. The van der Waals surface area contributed by atoms with E-state index in [1.165, 1.54) is 18.4 Å². The number of amides is 1. The molecule has 0 atom stereocenters. The predicted molar refractivity (Wildman–Crippen MR) is 115 cm³/mol. The van der Waals surface area contributed by atoms with Gasteiger partial charge < -0.3 is 16.8 Å². The van der Waals surface area contributed by atoms with Crippen molar-refractivity contribution in [2.24, 2.45) is 16.3 Å². The quantitative estimate of drug-likeness (QED) is 0.714. The first-order valence-electron chi connectivity index (χ1n) is 9.91. The molecule has 1 amide bonds. The molecule has 0 bridgehead atoms. The van der Waals surface area contributed by atoms with Crippen LogP contribution in [0.2, 0.25) is 5.15 Å². The lowest BCUT2D eigenvalue weighted by atomic mass is 9.68. The summed E-state index contributed by atoms with van der Waals surface area (Å²) in [6.07, 6.45) is 6.55. The van der Waals surface area contributed by atoms with Crippen molar-refractivity contribution in [2.75, 3.05) is 18.0 Å². The molecule has 1 spiro atoms. The van der Waals surface area contributed by atoms with Crippen LogP contribution in [-0.4, -0.2) is 28.3 Å². The van der Waals surface area contributed by atoms with Crippen LogP contribution in [0.1, 0.15) is 48.2 Å². The summed E-state index contributed by atoms with van der Waals surface area (Å²) >= 11 is 5.87. The molecule has 8 heteroatoms. The smallest absolute Gasteiger partial charge is 0.279 e. The van der Waals surface area contributed by atoms with Gasteiger partial charge in [-0.3, -0.25) is 9.79 Å². The average Bonchev–Trinajstić information content (AvgIpc) is 3.09. The number of nitrogens with zero attached hydrogens (tertiary/aromatic N) is 3. The zero-order valence-corrected chi connectivity index (χ0v) is 17.0. The molecule has 7 nitrogen and oxygen atoms in total. The SMILES string of the molecule is Nc1nc(N)c(C(=O)NC2=NCC3(CCC(Cc4ccccc4)CC3)C2)nc1Cl. The Morgan fingerprint density at radius 2 is 1.86 bits per heavy atom. The monoisotopic (exact) mass is 412 g/mol. The van der Waals surface area contributed by atoms with Crippen LogP contribution in [0.5, 0.6) is 0 Å². The fourth-order valence-corrected chi connectivity index (χ4v) is 4.52. The summed E-state index contributed by atoms with van der Waals surface area (Å²) in [5.74, 6) is 0.911. The number of rotatable bonds is 3. The molecule has 2 aromatic rings. The molecule has 29 heavy (non-hydrogen) atoms. The summed E-state index contributed by atoms with van der Waals surface area (Å²) in [6.45, 7) is 0.754. The van der Waals surface area contributed by atoms with Crippen molar-refractivity contribution in [2.45, 2.75) is 38.5 Å². The lowest BCUT2D eigenvalue weighted by Gasteiger charge is -2.36. The third-order valence-electron chi connectivity index (χ3n) is 6.06. The lowest BCUT2D eigenvalue weighted by Crippen LogP contribution is -2.35. The summed E-state index contributed by atoms with van der Waals surface area (Å²) in [6, 6.07) is 10.7. The van der Waals surface area contributed by atoms with Crippen LogP contribution in [0.4, 0.5) is 11.6 Å². The van der Waals surface area contributed by atoms with Crippen molar-refractivity contribution >= 4 is 35.0 Å². The van der Waals surface area contributed by atoms with E-state index in [0.717, 1.165) is 32.2 Å². The standard InChI is InChI=1S/C21H25ClN6O/c22-17-19(24)28-18(23)16(27-17)20(29)26-15-11-21(12-25-15)8-6-14(7-9-21)10-13-4-2-1-3-5-13/h1-5,14H,6-12H2,(H4,23,24,28)(H,25,26,29). The Balaban J connectivity index is 1.32. The van der Waals surface area contributed by atoms with E-state index in [2.05, 4.69) is 50.6 Å². The Bertz CT molecular complexity index is 938. The van der Waals surface area contributed by atoms with E-state index < -0.39 is 5.91 Å². The Kier molecular flexibility index (Phi) is 5.41. The van der Waals surface area contributed by atoms with Gasteiger partial charge in [0.25, 0.3) is 5.91 Å². The highest BCUT2D eigenvalue weighted by Crippen LogP contribution is 2.45. The first kappa shape index (κ1) is 19.6. The minimum Gasteiger partial charge on any atom is -0.382 e. The van der Waals surface area contributed by atoms with Crippen LogP contribution in [0.25, 0.3) is 0 Å². The number of amidine groups is 1. The fraction of sp³-hybridized carbons (Fsp3) is 0.429. The first-order chi connectivity index (χ1) is 13.9. The second kappa shape index (κ2) is 7.99. The third kappa shape index (κ3) is 4.34. The highest BCUT2D eigenvalue weighted by Gasteiger charge is 2.40. The normalized spacial score (nSPS) is 23.8. The average molecular weight is 413 g/mol. The predicted octanol–water partition coefficient (Wildman–Crippen LogP) is 3.25. The van der Waals surface area contributed by atoms with Gasteiger partial charge >= 0.3 is 0 Å². The summed E-state index contributed by atoms with van der Waals surface area (Å²) < 4.78 is 0. The van der Waals surface area contributed by atoms with Crippen molar-refractivity contribution in [3.63, 3.8) is 0 Å². The van der Waals surface area contributed by atoms with E-state index in [4.69, 9.17) is 23.1 Å². The number of hydrogen-bond acceptors (Lipinski definition) is 6. The Hall–Kier alpha value is -2.67. The molecule has 0 radical (unpaired) electrons. The fourth-order valence-electron chi connectivity index (χ4n) is 4.39. The molecular formula is C21H25ClN6O. The Morgan fingerprint density at radius 3 is 2.59 bits per heavy atom. The van der Waals surface area contributed by atoms with E-state index in [1.807, 2.05) is 0 Å². The van der Waals surface area contributed by atoms with Gasteiger partial charge in [-0.1, -0.05) is 41.9 Å². The van der Waals surface area contributed by atoms with E-state index in [-0.39, 0.29) is 27.9 Å².